The molecule has 0 saturated carbocycles. The van der Waals surface area contributed by atoms with E-state index in [1.54, 1.807) is 0 Å². The van der Waals surface area contributed by atoms with Crippen molar-refractivity contribution in [1.29, 1.82) is 0 Å². The number of carbonyl (C=O) groups excluding carboxylic acids is 1. The first kappa shape index (κ1) is 23.3. The molecule has 2 rings (SSSR count). The molecule has 0 atom stereocenters. The second-order valence-corrected chi connectivity index (χ2v) is 5.94. The van der Waals surface area contributed by atoms with Gasteiger partial charge in [0.25, 0.3) is 0 Å². The Hall–Kier alpha value is -3.03. The Morgan fingerprint density at radius 3 is 2.03 bits per heavy atom. The fraction of sp³-hybridized carbons (Fsp3) is 0.333. The third-order valence-electron chi connectivity index (χ3n) is 3.03. The highest BCUT2D eigenvalue weighted by Crippen LogP contribution is 2.24. The highest BCUT2D eigenvalue weighted by atomic mass is 35.5. The number of halogens is 7. The number of ether oxygens (including phenoxy) is 2. The van der Waals surface area contributed by atoms with Gasteiger partial charge in [-0.05, 0) is 12.1 Å². The number of aromatic nitrogens is 3. The van der Waals surface area contributed by atoms with E-state index in [2.05, 4.69) is 29.7 Å². The summed E-state index contributed by atoms with van der Waals surface area (Å²) in [5, 5.41) is 2.40. The van der Waals surface area contributed by atoms with Crippen molar-refractivity contribution in [3.05, 3.63) is 29.4 Å². The Morgan fingerprint density at radius 2 is 1.60 bits per heavy atom. The molecule has 0 aliphatic heterocycles. The van der Waals surface area contributed by atoms with Crippen LogP contribution in [-0.4, -0.2) is 53.6 Å². The van der Waals surface area contributed by atoms with E-state index in [4.69, 9.17) is 11.6 Å². The molecule has 0 bridgehead atoms. The van der Waals surface area contributed by atoms with Gasteiger partial charge in [-0.15, -0.1) is 0 Å². The van der Waals surface area contributed by atoms with Crippen LogP contribution in [0.4, 0.5) is 42.9 Å². The maximum Gasteiger partial charge on any atom is 0.422 e. The van der Waals surface area contributed by atoms with Crippen LogP contribution in [0.3, 0.4) is 0 Å². The lowest BCUT2D eigenvalue weighted by molar-refractivity contribution is -0.154. The van der Waals surface area contributed by atoms with Crippen molar-refractivity contribution in [2.75, 3.05) is 30.5 Å². The Kier molecular flexibility index (Phi) is 7.12. The van der Waals surface area contributed by atoms with E-state index >= 15 is 0 Å². The van der Waals surface area contributed by atoms with E-state index in [1.807, 2.05) is 0 Å². The van der Waals surface area contributed by atoms with Gasteiger partial charge in [0.15, 0.2) is 13.2 Å². The number of urea groups is 1. The van der Waals surface area contributed by atoms with E-state index in [-0.39, 0.29) is 5.82 Å². The molecule has 2 aromatic heterocycles. The van der Waals surface area contributed by atoms with E-state index < -0.39 is 49.3 Å². The van der Waals surface area contributed by atoms with E-state index in [9.17, 15) is 31.1 Å². The maximum atomic E-state index is 12.3. The summed E-state index contributed by atoms with van der Waals surface area (Å²) in [7, 11) is 1.29. The molecule has 1 N–H and O–H groups in total. The molecule has 2 heterocycles. The first-order valence-electron chi connectivity index (χ1n) is 7.77. The van der Waals surface area contributed by atoms with Crippen LogP contribution < -0.4 is 19.7 Å². The number of carbonyl (C=O) groups is 1. The molecule has 0 saturated heterocycles. The zero-order valence-corrected chi connectivity index (χ0v) is 15.6. The van der Waals surface area contributed by atoms with Crippen LogP contribution in [0.15, 0.2) is 24.4 Å². The van der Waals surface area contributed by atoms with E-state index in [1.165, 1.54) is 25.4 Å². The van der Waals surface area contributed by atoms with Crippen molar-refractivity contribution in [2.45, 2.75) is 12.4 Å². The standard InChI is InChI=1S/C15H12ClF6N5O3/c1-27(9-3-2-8(16)5-23-9)13(28)26-12-24-10(29-6-14(17,18)19)4-11(25-12)30-7-15(20,21)22/h2-5H,6-7H2,1H3,(H,24,25,26,28). The van der Waals surface area contributed by atoms with E-state index in [0.717, 1.165) is 4.90 Å². The Labute approximate surface area is 169 Å². The Balaban J connectivity index is 2.20. The number of hydrogen-bond donors (Lipinski definition) is 1. The molecule has 0 spiro atoms. The van der Waals surface area contributed by atoms with Crippen LogP contribution in [0.1, 0.15) is 0 Å². The van der Waals surface area contributed by atoms with Crippen molar-refractivity contribution in [2.24, 2.45) is 0 Å². The van der Waals surface area contributed by atoms with Gasteiger partial charge in [0, 0.05) is 13.2 Å². The number of nitrogens with one attached hydrogen (secondary N) is 1. The van der Waals surface area contributed by atoms with Crippen molar-refractivity contribution in [3.63, 3.8) is 0 Å². The van der Waals surface area contributed by atoms with E-state index in [0.29, 0.717) is 11.1 Å². The molecular weight excluding hydrogens is 448 g/mol. The normalized spacial score (nSPS) is 11.7. The zero-order valence-electron chi connectivity index (χ0n) is 14.9. The average molecular weight is 460 g/mol. The van der Waals surface area contributed by atoms with Gasteiger partial charge in [-0.25, -0.2) is 9.78 Å². The summed E-state index contributed by atoms with van der Waals surface area (Å²) in [4.78, 5) is 24.2. The lowest BCUT2D eigenvalue weighted by atomic mass is 10.4. The molecule has 0 aliphatic rings. The minimum atomic E-state index is -4.73. The number of amides is 2. The minimum Gasteiger partial charge on any atom is -0.468 e. The quantitative estimate of drug-likeness (QED) is 0.655. The van der Waals surface area contributed by atoms with Crippen LogP contribution in [0.2, 0.25) is 5.02 Å². The second kappa shape index (κ2) is 9.19. The molecule has 0 aromatic carbocycles. The largest absolute Gasteiger partial charge is 0.468 e. The predicted molar refractivity (Wildman–Crippen MR) is 91.8 cm³/mol. The molecule has 15 heteroatoms. The summed E-state index contributed by atoms with van der Waals surface area (Å²) in [6.07, 6.45) is -8.21. The SMILES string of the molecule is CN(C(=O)Nc1nc(OCC(F)(F)F)cc(OCC(F)(F)F)n1)c1ccc(Cl)cn1. The Morgan fingerprint density at radius 1 is 1.07 bits per heavy atom. The number of nitrogens with zero attached hydrogens (tertiary/aromatic N) is 4. The highest BCUT2D eigenvalue weighted by molar-refractivity contribution is 6.30. The Bertz CT molecular complexity index is 842. The molecule has 2 aromatic rings. The fourth-order valence-electron chi connectivity index (χ4n) is 1.77. The molecule has 2 amide bonds. The molecule has 0 radical (unpaired) electrons. The third kappa shape index (κ3) is 7.77. The third-order valence-corrected chi connectivity index (χ3v) is 3.25. The smallest absolute Gasteiger partial charge is 0.422 e. The number of rotatable bonds is 6. The monoisotopic (exact) mass is 459 g/mol. The van der Waals surface area contributed by atoms with Gasteiger partial charge in [-0.1, -0.05) is 11.6 Å². The van der Waals surface area contributed by atoms with Gasteiger partial charge in [-0.2, -0.15) is 36.3 Å². The molecule has 0 unspecified atom stereocenters. The van der Waals surface area contributed by atoms with Crippen LogP contribution >= 0.6 is 11.6 Å². The number of pyridine rings is 1. The average Bonchev–Trinajstić information content (AvgIpc) is 2.63. The van der Waals surface area contributed by atoms with Gasteiger partial charge in [-0.3, -0.25) is 10.2 Å². The fourth-order valence-corrected chi connectivity index (χ4v) is 1.88. The summed E-state index contributed by atoms with van der Waals surface area (Å²) in [6.45, 7) is -3.55. The van der Waals surface area contributed by atoms with Gasteiger partial charge in [0.2, 0.25) is 17.7 Å². The number of anilines is 2. The molecular formula is C15H12ClF6N5O3. The van der Waals surface area contributed by atoms with Crippen molar-refractivity contribution < 1.29 is 40.6 Å². The van der Waals surface area contributed by atoms with Crippen LogP contribution in [0.5, 0.6) is 11.8 Å². The number of hydrogen-bond acceptors (Lipinski definition) is 6. The van der Waals surface area contributed by atoms with Crippen molar-refractivity contribution >= 4 is 29.4 Å². The van der Waals surface area contributed by atoms with Crippen molar-refractivity contribution in [1.82, 2.24) is 15.0 Å². The molecule has 30 heavy (non-hydrogen) atoms. The number of alkyl halides is 6. The summed E-state index contributed by atoms with van der Waals surface area (Å²) in [5.41, 5.74) is 0. The van der Waals surface area contributed by atoms with Crippen LogP contribution in [0, 0.1) is 0 Å². The lowest BCUT2D eigenvalue weighted by Gasteiger charge is -2.17. The summed E-state index contributed by atoms with van der Waals surface area (Å²) in [6, 6.07) is 2.56. The first-order chi connectivity index (χ1) is 13.8. The molecule has 8 nitrogen and oxygen atoms in total. The molecule has 0 aliphatic carbocycles. The van der Waals surface area contributed by atoms with Crippen LogP contribution in [0.25, 0.3) is 0 Å². The predicted octanol–water partition coefficient (Wildman–Crippen LogP) is 4.08. The molecule has 0 fully saturated rings. The van der Waals surface area contributed by atoms with Gasteiger partial charge < -0.3 is 9.47 Å². The first-order valence-corrected chi connectivity index (χ1v) is 8.15. The van der Waals surface area contributed by atoms with Gasteiger partial charge >= 0.3 is 18.4 Å². The summed E-state index contributed by atoms with van der Waals surface area (Å²) >= 11 is 5.69. The second-order valence-electron chi connectivity index (χ2n) is 5.50. The van der Waals surface area contributed by atoms with Crippen molar-refractivity contribution in [3.8, 4) is 11.8 Å². The summed E-state index contributed by atoms with van der Waals surface area (Å²) < 4.78 is 82.8. The summed E-state index contributed by atoms with van der Waals surface area (Å²) in [5.74, 6) is -2.04. The topological polar surface area (TPSA) is 89.5 Å². The zero-order chi connectivity index (χ0) is 22.5. The van der Waals surface area contributed by atoms with Gasteiger partial charge in [0.05, 0.1) is 11.1 Å². The maximum absolute atomic E-state index is 12.3. The minimum absolute atomic E-state index is 0.134. The lowest BCUT2D eigenvalue weighted by Crippen LogP contribution is -2.32. The molecule has 164 valence electrons. The van der Waals surface area contributed by atoms with Gasteiger partial charge in [0.1, 0.15) is 5.82 Å². The highest BCUT2D eigenvalue weighted by Gasteiger charge is 2.30. The van der Waals surface area contributed by atoms with Crippen LogP contribution in [-0.2, 0) is 0 Å².